The maximum Gasteiger partial charge on any atom is 0.162 e. The van der Waals surface area contributed by atoms with Crippen molar-refractivity contribution in [2.75, 3.05) is 39.3 Å². The van der Waals surface area contributed by atoms with E-state index in [0.29, 0.717) is 30.1 Å². The average Bonchev–Trinajstić information content (AvgIpc) is 3.23. The number of Topliss-reactive ketones (excluding diaryl/α,β-unsaturated/α-hetero) is 1. The Labute approximate surface area is 216 Å². The predicted octanol–water partition coefficient (Wildman–Crippen LogP) is 6.31. The molecule has 4 aliphatic rings. The van der Waals surface area contributed by atoms with Gasteiger partial charge in [0.05, 0.1) is 5.71 Å². The van der Waals surface area contributed by atoms with Crippen LogP contribution in [-0.4, -0.2) is 45.9 Å². The van der Waals surface area contributed by atoms with Crippen molar-refractivity contribution in [3.63, 3.8) is 0 Å². The number of hydrogen-bond acceptors (Lipinski definition) is 5. The lowest BCUT2D eigenvalue weighted by Crippen LogP contribution is -2.45. The summed E-state index contributed by atoms with van der Waals surface area (Å²) in [6.45, 7) is 5.26. The molecule has 0 amide bonds. The number of fused-ring (bicyclic) bond motifs is 4. The number of anilines is 1. The van der Waals surface area contributed by atoms with E-state index >= 15 is 0 Å². The molecule has 5 rings (SSSR count). The first-order valence-corrected chi connectivity index (χ1v) is 13.8. The number of ether oxygens (including phenoxy) is 1. The van der Waals surface area contributed by atoms with Gasteiger partial charge < -0.3 is 14.5 Å². The first-order valence-electron chi connectivity index (χ1n) is 13.8. The molecule has 1 aromatic carbocycles. The smallest absolute Gasteiger partial charge is 0.162 e. The number of allylic oxidation sites excluding steroid dienone is 4. The topological polar surface area (TPSA) is 51.1 Å². The van der Waals surface area contributed by atoms with Crippen molar-refractivity contribution >= 4 is 17.2 Å². The highest BCUT2D eigenvalue weighted by atomic mass is 16.6. The predicted molar refractivity (Wildman–Crippen MR) is 145 cm³/mol. The minimum Gasteiger partial charge on any atom is -0.399 e. The molecule has 0 spiro atoms. The molecule has 5 atom stereocenters. The molecule has 0 radical (unpaired) electrons. The number of hydrogen-bond donors (Lipinski definition) is 0. The van der Waals surface area contributed by atoms with E-state index in [9.17, 15) is 4.79 Å². The van der Waals surface area contributed by atoms with Gasteiger partial charge >= 0.3 is 0 Å². The van der Waals surface area contributed by atoms with E-state index in [2.05, 4.69) is 61.4 Å². The average molecular weight is 491 g/mol. The van der Waals surface area contributed by atoms with Crippen LogP contribution in [0.3, 0.4) is 0 Å². The molecule has 2 saturated carbocycles. The van der Waals surface area contributed by atoms with Crippen molar-refractivity contribution in [2.45, 2.75) is 64.7 Å². The lowest BCUT2D eigenvalue weighted by molar-refractivity contribution is -0.132. The fourth-order valence-electron chi connectivity index (χ4n) is 8.00. The molecule has 5 nitrogen and oxygen atoms in total. The van der Waals surface area contributed by atoms with Crippen molar-refractivity contribution in [3.05, 3.63) is 52.6 Å². The summed E-state index contributed by atoms with van der Waals surface area (Å²) < 4.78 is 5.59. The summed E-state index contributed by atoms with van der Waals surface area (Å²) in [5.41, 5.74) is 8.41. The molecule has 0 aliphatic heterocycles. The molecule has 4 aliphatic carbocycles. The monoisotopic (exact) mass is 490 g/mol. The summed E-state index contributed by atoms with van der Waals surface area (Å²) in [5.74, 6) is 1.90. The summed E-state index contributed by atoms with van der Waals surface area (Å²) >= 11 is 0. The Morgan fingerprint density at radius 2 is 1.89 bits per heavy atom. The minimum absolute atomic E-state index is 0.0202. The lowest BCUT2D eigenvalue weighted by Gasteiger charge is -2.52. The van der Waals surface area contributed by atoms with Gasteiger partial charge in [-0.3, -0.25) is 4.79 Å². The highest BCUT2D eigenvalue weighted by Gasteiger charge is 2.58. The van der Waals surface area contributed by atoms with Gasteiger partial charge in [0.1, 0.15) is 13.7 Å². The molecule has 1 aromatic rings. The van der Waals surface area contributed by atoms with Crippen molar-refractivity contribution in [3.8, 4) is 0 Å². The van der Waals surface area contributed by atoms with Crippen LogP contribution in [0, 0.1) is 23.2 Å². The number of nitrogens with zero attached hydrogens (tertiary/aromatic N) is 2. The normalized spacial score (nSPS) is 32.5. The summed E-state index contributed by atoms with van der Waals surface area (Å²) in [6, 6.07) is 9.16. The van der Waals surface area contributed by atoms with Crippen molar-refractivity contribution in [1.29, 1.82) is 0 Å². The first-order chi connectivity index (χ1) is 17.4. The molecule has 194 valence electrons. The van der Waals surface area contributed by atoms with Crippen molar-refractivity contribution in [1.82, 2.24) is 0 Å². The van der Waals surface area contributed by atoms with E-state index in [1.165, 1.54) is 23.2 Å². The second kappa shape index (κ2) is 10.2. The zero-order valence-corrected chi connectivity index (χ0v) is 22.7. The molecule has 4 unspecified atom stereocenters. The summed E-state index contributed by atoms with van der Waals surface area (Å²) in [5, 5.41) is 4.26. The van der Waals surface area contributed by atoms with Crippen molar-refractivity contribution in [2.24, 2.45) is 28.3 Å². The Morgan fingerprint density at radius 3 is 2.58 bits per heavy atom. The van der Waals surface area contributed by atoms with Crippen LogP contribution in [0.25, 0.3) is 0 Å². The minimum atomic E-state index is 0.0202. The van der Waals surface area contributed by atoms with E-state index < -0.39 is 0 Å². The zero-order valence-electron chi connectivity index (χ0n) is 22.7. The zero-order chi connectivity index (χ0) is 25.4. The quantitative estimate of drug-likeness (QED) is 0.421. The Morgan fingerprint density at radius 1 is 1.11 bits per heavy atom. The standard InChI is InChI=1S/C31H42N2O3/c1-6-36-19-29(34)28-16-15-27-25-13-9-21-17-22(32-35-5)10-14-24(21)30(25)26(18-31(27,28)2)20-7-11-23(12-8-20)33(3)4/h7-8,11-12,17,25-28H,6,9-10,13-16,18-19H2,1-5H3/b32-22+/t25?,26?,27?,28?,31-/m0/s1. The van der Waals surface area contributed by atoms with E-state index in [-0.39, 0.29) is 17.9 Å². The van der Waals surface area contributed by atoms with E-state index in [1.807, 2.05) is 6.92 Å². The third kappa shape index (κ3) is 4.34. The van der Waals surface area contributed by atoms with Crippen LogP contribution >= 0.6 is 0 Å². The van der Waals surface area contributed by atoms with Crippen LogP contribution < -0.4 is 4.90 Å². The van der Waals surface area contributed by atoms with Crippen LogP contribution in [0.1, 0.15) is 70.3 Å². The van der Waals surface area contributed by atoms with Gasteiger partial charge in [-0.2, -0.15) is 0 Å². The van der Waals surface area contributed by atoms with Crippen LogP contribution in [0.15, 0.2) is 52.2 Å². The van der Waals surface area contributed by atoms with Crippen LogP contribution in [-0.2, 0) is 14.4 Å². The Balaban J connectivity index is 1.59. The summed E-state index contributed by atoms with van der Waals surface area (Å²) in [4.78, 5) is 20.6. The number of carbonyl (C=O) groups excluding carboxylic acids is 1. The van der Waals surface area contributed by atoms with Crippen LogP contribution in [0.5, 0.6) is 0 Å². The molecule has 36 heavy (non-hydrogen) atoms. The van der Waals surface area contributed by atoms with Crippen molar-refractivity contribution < 1.29 is 14.4 Å². The molecule has 0 saturated heterocycles. The molecular weight excluding hydrogens is 448 g/mol. The maximum absolute atomic E-state index is 13.3. The van der Waals surface area contributed by atoms with Gasteiger partial charge in [-0.15, -0.1) is 0 Å². The van der Waals surface area contributed by atoms with Crippen LogP contribution in [0.2, 0.25) is 0 Å². The second-order valence-electron chi connectivity index (χ2n) is 11.6. The van der Waals surface area contributed by atoms with E-state index in [0.717, 1.165) is 44.2 Å². The maximum atomic E-state index is 13.3. The SMILES string of the molecule is CCOCC(=O)C1CCC2C3CCC4=C/C(=N/OC)CCC4=C3C(c3ccc(N(C)C)cc3)C[C@]12C. The molecule has 5 heteroatoms. The lowest BCUT2D eigenvalue weighted by atomic mass is 9.51. The highest BCUT2D eigenvalue weighted by molar-refractivity contribution is 5.97. The van der Waals surface area contributed by atoms with E-state index in [1.54, 1.807) is 18.3 Å². The third-order valence-electron chi connectivity index (χ3n) is 9.60. The molecular formula is C31H42N2O3. The fraction of sp³-hybridized carbons (Fsp3) is 0.613. The van der Waals surface area contributed by atoms with Gasteiger partial charge in [0, 0.05) is 38.2 Å². The largest absolute Gasteiger partial charge is 0.399 e. The summed E-state index contributed by atoms with van der Waals surface area (Å²) in [6.07, 6.45) is 9.74. The number of carbonyl (C=O) groups is 1. The Bertz CT molecular complexity index is 1080. The van der Waals surface area contributed by atoms with Gasteiger partial charge in [-0.05, 0) is 104 Å². The third-order valence-corrected chi connectivity index (χ3v) is 9.60. The molecule has 0 aromatic heterocycles. The highest BCUT2D eigenvalue weighted by Crippen LogP contribution is 2.65. The molecule has 0 heterocycles. The van der Waals surface area contributed by atoms with Gasteiger partial charge in [-0.1, -0.05) is 29.8 Å². The first kappa shape index (κ1) is 25.3. The van der Waals surface area contributed by atoms with Gasteiger partial charge in [0.25, 0.3) is 0 Å². The molecule has 0 bridgehead atoms. The Hall–Kier alpha value is -2.40. The second-order valence-corrected chi connectivity index (χ2v) is 11.6. The Kier molecular flexibility index (Phi) is 7.13. The fourth-order valence-corrected chi connectivity index (χ4v) is 8.00. The number of benzene rings is 1. The number of ketones is 1. The molecule has 2 fully saturated rings. The number of rotatable bonds is 7. The van der Waals surface area contributed by atoms with E-state index in [4.69, 9.17) is 9.57 Å². The van der Waals surface area contributed by atoms with Gasteiger partial charge in [0.15, 0.2) is 5.78 Å². The van der Waals surface area contributed by atoms with Gasteiger partial charge in [-0.25, -0.2) is 0 Å². The molecule has 0 N–H and O–H groups in total. The number of oxime groups is 1. The van der Waals surface area contributed by atoms with Gasteiger partial charge in [0.2, 0.25) is 0 Å². The van der Waals surface area contributed by atoms with Crippen LogP contribution in [0.4, 0.5) is 5.69 Å². The summed E-state index contributed by atoms with van der Waals surface area (Å²) in [7, 11) is 5.82.